The number of hydrogen-bond donors (Lipinski definition) is 0. The summed E-state index contributed by atoms with van der Waals surface area (Å²) < 4.78 is 32.4. The molecule has 0 aromatic heterocycles. The van der Waals surface area contributed by atoms with Crippen molar-refractivity contribution in [3.05, 3.63) is 59.7 Å². The number of benzene rings is 2. The van der Waals surface area contributed by atoms with Crippen molar-refractivity contribution in [1.82, 2.24) is 4.31 Å². The van der Waals surface area contributed by atoms with Gasteiger partial charge in [0.1, 0.15) is 0 Å². The highest BCUT2D eigenvalue weighted by Crippen LogP contribution is 2.33. The second-order valence-corrected chi connectivity index (χ2v) is 8.84. The SMILES string of the molecule is CC1Cc2ccccc2N1C(=O)c1cccc(S(=O)(=O)N2CCOCC2)c1. The maximum absolute atomic E-state index is 13.2. The van der Waals surface area contributed by atoms with E-state index in [0.29, 0.717) is 31.9 Å². The normalized spacial score (nSPS) is 20.5. The van der Waals surface area contributed by atoms with Crippen molar-refractivity contribution < 1.29 is 17.9 Å². The molecule has 0 spiro atoms. The molecule has 27 heavy (non-hydrogen) atoms. The fraction of sp³-hybridized carbons (Fsp3) is 0.350. The minimum absolute atomic E-state index is 0.0365. The van der Waals surface area contributed by atoms with Crippen LogP contribution in [-0.2, 0) is 21.2 Å². The summed E-state index contributed by atoms with van der Waals surface area (Å²) in [5, 5.41) is 0. The minimum Gasteiger partial charge on any atom is -0.379 e. The van der Waals surface area contributed by atoms with Gasteiger partial charge >= 0.3 is 0 Å². The molecular weight excluding hydrogens is 364 g/mol. The average Bonchev–Trinajstić information content (AvgIpc) is 3.04. The molecule has 2 aromatic carbocycles. The van der Waals surface area contributed by atoms with Gasteiger partial charge in [0.15, 0.2) is 0 Å². The van der Waals surface area contributed by atoms with E-state index in [1.165, 1.54) is 10.4 Å². The molecule has 1 saturated heterocycles. The molecule has 142 valence electrons. The summed E-state index contributed by atoms with van der Waals surface area (Å²) in [5.41, 5.74) is 2.42. The van der Waals surface area contributed by atoms with Gasteiger partial charge in [-0.05, 0) is 43.2 Å². The number of para-hydroxylation sites is 1. The van der Waals surface area contributed by atoms with Gasteiger partial charge in [0, 0.05) is 30.4 Å². The molecule has 2 aliphatic rings. The molecule has 1 atom stereocenters. The van der Waals surface area contributed by atoms with E-state index in [1.807, 2.05) is 31.2 Å². The molecule has 6 nitrogen and oxygen atoms in total. The summed E-state index contributed by atoms with van der Waals surface area (Å²) in [4.78, 5) is 15.1. The number of ether oxygens (including phenoxy) is 1. The van der Waals surface area contributed by atoms with Crippen LogP contribution in [0, 0.1) is 0 Å². The molecule has 0 N–H and O–H groups in total. The molecule has 2 aliphatic heterocycles. The highest BCUT2D eigenvalue weighted by molar-refractivity contribution is 7.89. The highest BCUT2D eigenvalue weighted by Gasteiger charge is 2.32. The van der Waals surface area contributed by atoms with Gasteiger partial charge in [-0.25, -0.2) is 8.42 Å². The molecule has 2 aromatic rings. The predicted octanol–water partition coefficient (Wildman–Crippen LogP) is 2.30. The second-order valence-electron chi connectivity index (χ2n) is 6.90. The average molecular weight is 386 g/mol. The van der Waals surface area contributed by atoms with Gasteiger partial charge in [-0.2, -0.15) is 4.31 Å². The lowest BCUT2D eigenvalue weighted by Gasteiger charge is -2.26. The van der Waals surface area contributed by atoms with Crippen LogP contribution in [0.1, 0.15) is 22.8 Å². The third kappa shape index (κ3) is 3.26. The zero-order valence-corrected chi connectivity index (χ0v) is 16.0. The van der Waals surface area contributed by atoms with E-state index in [2.05, 4.69) is 0 Å². The van der Waals surface area contributed by atoms with Gasteiger partial charge in [-0.15, -0.1) is 0 Å². The van der Waals surface area contributed by atoms with Crippen molar-refractivity contribution >= 4 is 21.6 Å². The number of rotatable bonds is 3. The minimum atomic E-state index is -3.63. The van der Waals surface area contributed by atoms with Crippen LogP contribution < -0.4 is 4.90 Å². The van der Waals surface area contributed by atoms with E-state index in [9.17, 15) is 13.2 Å². The number of carbonyl (C=O) groups excluding carboxylic acids is 1. The molecule has 4 rings (SSSR count). The lowest BCUT2D eigenvalue weighted by atomic mass is 10.1. The van der Waals surface area contributed by atoms with E-state index < -0.39 is 10.0 Å². The third-order valence-corrected chi connectivity index (χ3v) is 7.01. The summed E-state index contributed by atoms with van der Waals surface area (Å²) in [6.45, 7) is 3.44. The van der Waals surface area contributed by atoms with E-state index in [4.69, 9.17) is 4.74 Å². The smallest absolute Gasteiger partial charge is 0.258 e. The van der Waals surface area contributed by atoms with Crippen molar-refractivity contribution in [2.45, 2.75) is 24.3 Å². The number of fused-ring (bicyclic) bond motifs is 1. The fourth-order valence-electron chi connectivity index (χ4n) is 3.74. The molecule has 1 fully saturated rings. The summed E-state index contributed by atoms with van der Waals surface area (Å²) in [6.07, 6.45) is 0.799. The Kier molecular flexibility index (Phi) is 4.75. The Morgan fingerprint density at radius 1 is 1.07 bits per heavy atom. The van der Waals surface area contributed by atoms with Crippen LogP contribution in [-0.4, -0.2) is 51.0 Å². The number of anilines is 1. The van der Waals surface area contributed by atoms with Gasteiger partial charge < -0.3 is 9.64 Å². The van der Waals surface area contributed by atoms with E-state index in [0.717, 1.165) is 17.7 Å². The Labute approximate surface area is 159 Å². The summed E-state index contributed by atoms with van der Waals surface area (Å²) in [6, 6.07) is 14.2. The standard InChI is InChI=1S/C20H22N2O4S/c1-15-13-16-5-2-3-8-19(16)22(15)20(23)17-6-4-7-18(14-17)27(24,25)21-9-11-26-12-10-21/h2-8,14-15H,9-13H2,1H3. The van der Waals surface area contributed by atoms with Crippen LogP contribution in [0.4, 0.5) is 5.69 Å². The van der Waals surface area contributed by atoms with E-state index in [1.54, 1.807) is 23.1 Å². The number of carbonyl (C=O) groups is 1. The first-order valence-corrected chi connectivity index (χ1v) is 10.5. The number of sulfonamides is 1. The summed E-state index contributed by atoms with van der Waals surface area (Å²) in [5.74, 6) is -0.175. The summed E-state index contributed by atoms with van der Waals surface area (Å²) >= 11 is 0. The molecule has 7 heteroatoms. The highest BCUT2D eigenvalue weighted by atomic mass is 32.2. The van der Waals surface area contributed by atoms with Crippen molar-refractivity contribution in [3.63, 3.8) is 0 Å². The number of amides is 1. The maximum atomic E-state index is 13.2. The number of nitrogens with zero attached hydrogens (tertiary/aromatic N) is 2. The van der Waals surface area contributed by atoms with Crippen LogP contribution >= 0.6 is 0 Å². The Bertz CT molecular complexity index is 967. The second kappa shape index (κ2) is 7.07. The molecule has 1 amide bonds. The Morgan fingerprint density at radius 3 is 2.59 bits per heavy atom. The first-order valence-electron chi connectivity index (χ1n) is 9.08. The molecule has 0 radical (unpaired) electrons. The molecular formula is C20H22N2O4S. The van der Waals surface area contributed by atoms with Crippen LogP contribution in [0.25, 0.3) is 0 Å². The molecule has 0 saturated carbocycles. The zero-order valence-electron chi connectivity index (χ0n) is 15.2. The van der Waals surface area contributed by atoms with Crippen molar-refractivity contribution in [1.29, 1.82) is 0 Å². The quantitative estimate of drug-likeness (QED) is 0.812. The van der Waals surface area contributed by atoms with E-state index in [-0.39, 0.29) is 16.8 Å². The van der Waals surface area contributed by atoms with Crippen molar-refractivity contribution in [2.24, 2.45) is 0 Å². The van der Waals surface area contributed by atoms with Gasteiger partial charge in [0.05, 0.1) is 18.1 Å². The van der Waals surface area contributed by atoms with Crippen LogP contribution in [0.15, 0.2) is 53.4 Å². The van der Waals surface area contributed by atoms with Gasteiger partial charge in [-0.1, -0.05) is 24.3 Å². The van der Waals surface area contributed by atoms with Gasteiger partial charge in [0.2, 0.25) is 10.0 Å². The van der Waals surface area contributed by atoms with Crippen LogP contribution in [0.5, 0.6) is 0 Å². The maximum Gasteiger partial charge on any atom is 0.258 e. The molecule has 0 aliphatic carbocycles. The first-order chi connectivity index (χ1) is 13.0. The number of hydrogen-bond acceptors (Lipinski definition) is 4. The van der Waals surface area contributed by atoms with Crippen LogP contribution in [0.2, 0.25) is 0 Å². The lowest BCUT2D eigenvalue weighted by Crippen LogP contribution is -2.40. The van der Waals surface area contributed by atoms with Crippen molar-refractivity contribution in [3.8, 4) is 0 Å². The Balaban J connectivity index is 1.66. The fourth-order valence-corrected chi connectivity index (χ4v) is 5.19. The molecule has 1 unspecified atom stereocenters. The lowest BCUT2D eigenvalue weighted by molar-refractivity contribution is 0.0730. The first kappa shape index (κ1) is 18.2. The topological polar surface area (TPSA) is 66.9 Å². The molecule has 0 bridgehead atoms. The monoisotopic (exact) mass is 386 g/mol. The van der Waals surface area contributed by atoms with E-state index >= 15 is 0 Å². The van der Waals surface area contributed by atoms with Crippen LogP contribution in [0.3, 0.4) is 0 Å². The third-order valence-electron chi connectivity index (χ3n) is 5.11. The largest absolute Gasteiger partial charge is 0.379 e. The Hall–Kier alpha value is -2.22. The summed E-state index contributed by atoms with van der Waals surface area (Å²) in [7, 11) is -3.63. The Morgan fingerprint density at radius 2 is 1.81 bits per heavy atom. The predicted molar refractivity (Wildman–Crippen MR) is 102 cm³/mol. The number of morpholine rings is 1. The van der Waals surface area contributed by atoms with Gasteiger partial charge in [0.25, 0.3) is 5.91 Å². The molecule has 2 heterocycles. The van der Waals surface area contributed by atoms with Gasteiger partial charge in [-0.3, -0.25) is 4.79 Å². The zero-order chi connectivity index (χ0) is 19.0. The van der Waals surface area contributed by atoms with Crippen molar-refractivity contribution in [2.75, 3.05) is 31.2 Å².